The zero-order valence-electron chi connectivity index (χ0n) is 10.5. The van der Waals surface area contributed by atoms with Gasteiger partial charge >= 0.3 is 0 Å². The lowest BCUT2D eigenvalue weighted by atomic mass is 10.1. The third-order valence-electron chi connectivity index (χ3n) is 2.97. The van der Waals surface area contributed by atoms with Crippen molar-refractivity contribution in [2.45, 2.75) is 39.2 Å². The Bertz CT molecular complexity index is 411. The minimum absolute atomic E-state index is 0.0534. The Kier molecular flexibility index (Phi) is 3.67. The van der Waals surface area contributed by atoms with Crippen LogP contribution < -0.4 is 10.6 Å². The Morgan fingerprint density at radius 2 is 2.18 bits per heavy atom. The van der Waals surface area contributed by atoms with Gasteiger partial charge in [0.2, 0.25) is 0 Å². The summed E-state index contributed by atoms with van der Waals surface area (Å²) in [5.41, 5.74) is 3.01. The Balaban J connectivity index is 2.03. The summed E-state index contributed by atoms with van der Waals surface area (Å²) in [7, 11) is 0. The van der Waals surface area contributed by atoms with Crippen molar-refractivity contribution in [1.29, 1.82) is 0 Å². The molecule has 0 spiro atoms. The van der Waals surface area contributed by atoms with Crippen molar-refractivity contribution < 1.29 is 4.79 Å². The van der Waals surface area contributed by atoms with Crippen molar-refractivity contribution in [3.63, 3.8) is 0 Å². The maximum atomic E-state index is 11.8. The van der Waals surface area contributed by atoms with Crippen LogP contribution in [0.2, 0.25) is 0 Å². The second-order valence-electron chi connectivity index (χ2n) is 4.70. The van der Waals surface area contributed by atoms with Gasteiger partial charge in [0.1, 0.15) is 0 Å². The summed E-state index contributed by atoms with van der Waals surface area (Å²) in [6.45, 7) is 5.14. The van der Waals surface area contributed by atoms with Crippen LogP contribution in [0.1, 0.15) is 42.1 Å². The molecule has 0 heterocycles. The van der Waals surface area contributed by atoms with Crippen molar-refractivity contribution in [2.24, 2.45) is 0 Å². The SMILES string of the molecule is CCCNc1ccc(C(=O)NC2CC2)cc1C. The van der Waals surface area contributed by atoms with Gasteiger partial charge in [-0.05, 0) is 49.9 Å². The van der Waals surface area contributed by atoms with E-state index in [1.165, 1.54) is 0 Å². The minimum Gasteiger partial charge on any atom is -0.385 e. The van der Waals surface area contributed by atoms with E-state index in [9.17, 15) is 4.79 Å². The van der Waals surface area contributed by atoms with Crippen molar-refractivity contribution in [1.82, 2.24) is 5.32 Å². The largest absolute Gasteiger partial charge is 0.385 e. The lowest BCUT2D eigenvalue weighted by molar-refractivity contribution is 0.0951. The molecule has 2 N–H and O–H groups in total. The summed E-state index contributed by atoms with van der Waals surface area (Å²) in [4.78, 5) is 11.8. The number of aryl methyl sites for hydroxylation is 1. The van der Waals surface area contributed by atoms with E-state index in [4.69, 9.17) is 0 Å². The zero-order valence-corrected chi connectivity index (χ0v) is 10.5. The van der Waals surface area contributed by atoms with E-state index in [1.54, 1.807) is 0 Å². The molecule has 1 aliphatic rings. The van der Waals surface area contributed by atoms with Crippen molar-refractivity contribution in [3.8, 4) is 0 Å². The van der Waals surface area contributed by atoms with Crippen LogP contribution in [-0.2, 0) is 0 Å². The fraction of sp³-hybridized carbons (Fsp3) is 0.500. The first-order valence-corrected chi connectivity index (χ1v) is 6.36. The van der Waals surface area contributed by atoms with Gasteiger partial charge < -0.3 is 10.6 Å². The Hall–Kier alpha value is -1.51. The zero-order chi connectivity index (χ0) is 12.3. The first kappa shape index (κ1) is 12.0. The quantitative estimate of drug-likeness (QED) is 0.819. The second-order valence-corrected chi connectivity index (χ2v) is 4.70. The topological polar surface area (TPSA) is 41.1 Å². The fourth-order valence-corrected chi connectivity index (χ4v) is 1.76. The molecule has 17 heavy (non-hydrogen) atoms. The van der Waals surface area contributed by atoms with Crippen LogP contribution in [0, 0.1) is 6.92 Å². The van der Waals surface area contributed by atoms with Gasteiger partial charge in [0.05, 0.1) is 0 Å². The van der Waals surface area contributed by atoms with Gasteiger partial charge in [0.15, 0.2) is 0 Å². The van der Waals surface area contributed by atoms with Crippen LogP contribution in [0.25, 0.3) is 0 Å². The molecule has 1 aromatic carbocycles. The number of amides is 1. The molecule has 0 unspecified atom stereocenters. The fourth-order valence-electron chi connectivity index (χ4n) is 1.76. The van der Waals surface area contributed by atoms with E-state index in [0.29, 0.717) is 6.04 Å². The molecular weight excluding hydrogens is 212 g/mol. The molecule has 0 bridgehead atoms. The number of hydrogen-bond acceptors (Lipinski definition) is 2. The predicted octanol–water partition coefficient (Wildman–Crippen LogP) is 2.71. The molecule has 3 nitrogen and oxygen atoms in total. The average Bonchev–Trinajstić information content (AvgIpc) is 3.11. The van der Waals surface area contributed by atoms with Crippen LogP contribution in [0.15, 0.2) is 18.2 Å². The molecule has 0 aliphatic heterocycles. The van der Waals surface area contributed by atoms with Crippen LogP contribution in [0.5, 0.6) is 0 Å². The summed E-state index contributed by atoms with van der Waals surface area (Å²) in [6.07, 6.45) is 3.35. The number of rotatable bonds is 5. The smallest absolute Gasteiger partial charge is 0.251 e. The van der Waals surface area contributed by atoms with Crippen LogP contribution in [-0.4, -0.2) is 18.5 Å². The highest BCUT2D eigenvalue weighted by Crippen LogP contribution is 2.21. The molecule has 92 valence electrons. The van der Waals surface area contributed by atoms with E-state index in [-0.39, 0.29) is 5.91 Å². The Morgan fingerprint density at radius 1 is 1.41 bits per heavy atom. The Morgan fingerprint density at radius 3 is 2.76 bits per heavy atom. The van der Waals surface area contributed by atoms with Gasteiger partial charge in [-0.25, -0.2) is 0 Å². The molecule has 0 aromatic heterocycles. The summed E-state index contributed by atoms with van der Waals surface area (Å²) >= 11 is 0. The van der Waals surface area contributed by atoms with E-state index < -0.39 is 0 Å². The van der Waals surface area contributed by atoms with Gasteiger partial charge in [0, 0.05) is 23.8 Å². The third-order valence-corrected chi connectivity index (χ3v) is 2.97. The Labute approximate surface area is 103 Å². The number of nitrogens with one attached hydrogen (secondary N) is 2. The highest BCUT2D eigenvalue weighted by molar-refractivity contribution is 5.95. The third kappa shape index (κ3) is 3.22. The van der Waals surface area contributed by atoms with Gasteiger partial charge in [-0.3, -0.25) is 4.79 Å². The molecule has 1 fully saturated rings. The monoisotopic (exact) mass is 232 g/mol. The van der Waals surface area contributed by atoms with Crippen molar-refractivity contribution in [2.75, 3.05) is 11.9 Å². The van der Waals surface area contributed by atoms with Gasteiger partial charge in [-0.1, -0.05) is 6.92 Å². The molecule has 2 rings (SSSR count). The molecule has 0 saturated heterocycles. The van der Waals surface area contributed by atoms with Gasteiger partial charge in [0.25, 0.3) is 5.91 Å². The normalized spacial score (nSPS) is 14.5. The predicted molar refractivity (Wildman–Crippen MR) is 70.4 cm³/mol. The summed E-state index contributed by atoms with van der Waals surface area (Å²) < 4.78 is 0. The maximum absolute atomic E-state index is 11.8. The van der Waals surface area contributed by atoms with E-state index >= 15 is 0 Å². The molecule has 1 saturated carbocycles. The van der Waals surface area contributed by atoms with Crippen LogP contribution in [0.3, 0.4) is 0 Å². The number of carbonyl (C=O) groups is 1. The van der Waals surface area contributed by atoms with E-state index in [2.05, 4.69) is 17.6 Å². The summed E-state index contributed by atoms with van der Waals surface area (Å²) in [5, 5.41) is 6.35. The number of carbonyl (C=O) groups excluding carboxylic acids is 1. The molecular formula is C14H20N2O. The number of anilines is 1. The standard InChI is InChI=1S/C14H20N2O/c1-3-8-15-13-7-4-11(9-10(13)2)14(17)16-12-5-6-12/h4,7,9,12,15H,3,5-6,8H2,1-2H3,(H,16,17). The minimum atomic E-state index is 0.0534. The molecule has 1 amide bonds. The van der Waals surface area contributed by atoms with Gasteiger partial charge in [-0.15, -0.1) is 0 Å². The van der Waals surface area contributed by atoms with Gasteiger partial charge in [-0.2, -0.15) is 0 Å². The molecule has 1 aliphatic carbocycles. The highest BCUT2D eigenvalue weighted by atomic mass is 16.1. The molecule has 3 heteroatoms. The van der Waals surface area contributed by atoms with E-state index in [1.807, 2.05) is 25.1 Å². The molecule has 0 atom stereocenters. The van der Waals surface area contributed by atoms with Crippen LogP contribution >= 0.6 is 0 Å². The van der Waals surface area contributed by atoms with Crippen molar-refractivity contribution >= 4 is 11.6 Å². The lowest BCUT2D eigenvalue weighted by Crippen LogP contribution is -2.25. The molecule has 1 aromatic rings. The average molecular weight is 232 g/mol. The highest BCUT2D eigenvalue weighted by Gasteiger charge is 2.23. The number of hydrogen-bond donors (Lipinski definition) is 2. The first-order valence-electron chi connectivity index (χ1n) is 6.36. The lowest BCUT2D eigenvalue weighted by Gasteiger charge is -2.10. The number of benzene rings is 1. The second kappa shape index (κ2) is 5.21. The summed E-state index contributed by atoms with van der Waals surface area (Å²) in [6, 6.07) is 6.26. The summed E-state index contributed by atoms with van der Waals surface area (Å²) in [5.74, 6) is 0.0534. The van der Waals surface area contributed by atoms with E-state index in [0.717, 1.165) is 42.6 Å². The first-order chi connectivity index (χ1) is 8.20. The maximum Gasteiger partial charge on any atom is 0.251 e. The molecule has 0 radical (unpaired) electrons. The van der Waals surface area contributed by atoms with Crippen LogP contribution in [0.4, 0.5) is 5.69 Å². The van der Waals surface area contributed by atoms with Crippen molar-refractivity contribution in [3.05, 3.63) is 29.3 Å².